The van der Waals surface area contributed by atoms with E-state index in [2.05, 4.69) is 13.8 Å². The van der Waals surface area contributed by atoms with Gasteiger partial charge in [0.25, 0.3) is 0 Å². The van der Waals surface area contributed by atoms with E-state index in [1.165, 1.54) is 5.56 Å². The Labute approximate surface area is 118 Å². The van der Waals surface area contributed by atoms with Crippen molar-refractivity contribution in [2.45, 2.75) is 19.8 Å². The Morgan fingerprint density at radius 1 is 1.15 bits per heavy atom. The number of nitrogens with two attached hydrogens (primary N) is 2. The molecule has 0 aliphatic heterocycles. The summed E-state index contributed by atoms with van der Waals surface area (Å²) in [7, 11) is 0. The first-order valence-electron chi connectivity index (χ1n) is 6.44. The molecule has 0 aliphatic rings. The van der Waals surface area contributed by atoms with Crippen molar-refractivity contribution in [3.63, 3.8) is 0 Å². The van der Waals surface area contributed by atoms with Gasteiger partial charge in [-0.2, -0.15) is 0 Å². The summed E-state index contributed by atoms with van der Waals surface area (Å²) in [5.74, 6) is 1.02. The minimum Gasteiger partial charge on any atom is -0.455 e. The van der Waals surface area contributed by atoms with E-state index >= 15 is 0 Å². The van der Waals surface area contributed by atoms with Crippen LogP contribution < -0.4 is 16.2 Å². The zero-order valence-electron chi connectivity index (χ0n) is 11.6. The van der Waals surface area contributed by atoms with Gasteiger partial charge in [0.1, 0.15) is 5.75 Å². The molecule has 20 heavy (non-hydrogen) atoms. The predicted molar refractivity (Wildman–Crippen MR) is 80.0 cm³/mol. The Bertz CT molecular complexity index is 636. The van der Waals surface area contributed by atoms with Crippen LogP contribution in [0.5, 0.6) is 11.5 Å². The summed E-state index contributed by atoms with van der Waals surface area (Å²) < 4.78 is 5.76. The second-order valence-corrected chi connectivity index (χ2v) is 4.95. The van der Waals surface area contributed by atoms with Gasteiger partial charge in [0.2, 0.25) is 5.91 Å². The van der Waals surface area contributed by atoms with Crippen molar-refractivity contribution in [3.8, 4) is 11.5 Å². The summed E-state index contributed by atoms with van der Waals surface area (Å²) in [6, 6.07) is 12.5. The van der Waals surface area contributed by atoms with E-state index in [9.17, 15) is 4.79 Å². The van der Waals surface area contributed by atoms with E-state index in [1.54, 1.807) is 18.2 Å². The summed E-state index contributed by atoms with van der Waals surface area (Å²) in [6.45, 7) is 4.22. The van der Waals surface area contributed by atoms with E-state index in [-0.39, 0.29) is 0 Å². The normalized spacial score (nSPS) is 10.6. The highest BCUT2D eigenvalue weighted by Gasteiger charge is 2.08. The third kappa shape index (κ3) is 3.09. The van der Waals surface area contributed by atoms with Crippen molar-refractivity contribution in [2.24, 2.45) is 5.73 Å². The molecule has 0 aromatic heterocycles. The van der Waals surface area contributed by atoms with Crippen LogP contribution in [0.3, 0.4) is 0 Å². The van der Waals surface area contributed by atoms with Gasteiger partial charge in [-0.15, -0.1) is 0 Å². The lowest BCUT2D eigenvalue weighted by molar-refractivity contribution is 0.1000. The van der Waals surface area contributed by atoms with Crippen LogP contribution in [-0.4, -0.2) is 5.91 Å². The van der Waals surface area contributed by atoms with Crippen molar-refractivity contribution in [3.05, 3.63) is 53.6 Å². The van der Waals surface area contributed by atoms with E-state index < -0.39 is 5.91 Å². The van der Waals surface area contributed by atoms with E-state index in [1.807, 2.05) is 24.3 Å². The lowest BCUT2D eigenvalue weighted by Gasteiger charge is -2.12. The summed E-state index contributed by atoms with van der Waals surface area (Å²) >= 11 is 0. The number of hydrogen-bond donors (Lipinski definition) is 2. The third-order valence-electron chi connectivity index (χ3n) is 3.05. The number of hydrogen-bond acceptors (Lipinski definition) is 3. The summed E-state index contributed by atoms with van der Waals surface area (Å²) in [5, 5.41) is 0. The maximum Gasteiger partial charge on any atom is 0.248 e. The number of benzene rings is 2. The molecule has 0 saturated carbocycles. The zero-order valence-corrected chi connectivity index (χ0v) is 11.6. The molecule has 1 amide bonds. The van der Waals surface area contributed by atoms with Crippen LogP contribution in [0.15, 0.2) is 42.5 Å². The lowest BCUT2D eigenvalue weighted by Crippen LogP contribution is -2.11. The highest BCUT2D eigenvalue weighted by Crippen LogP contribution is 2.30. The molecule has 2 aromatic rings. The van der Waals surface area contributed by atoms with Crippen molar-refractivity contribution < 1.29 is 9.53 Å². The maximum absolute atomic E-state index is 11.2. The molecular formula is C16H18N2O2. The van der Waals surface area contributed by atoms with Crippen LogP contribution in [0, 0.1) is 0 Å². The molecular weight excluding hydrogens is 252 g/mol. The standard InChI is InChI=1S/C16H18N2O2/c1-10(2)11-4-3-5-13(8-11)20-15-9-12(16(18)19)6-7-14(15)17/h3-10H,17H2,1-2H3,(H2,18,19). The number of amides is 1. The number of nitrogen functional groups attached to an aromatic ring is 1. The molecule has 0 saturated heterocycles. The van der Waals surface area contributed by atoms with Gasteiger partial charge < -0.3 is 16.2 Å². The number of carbonyl (C=O) groups is 1. The molecule has 2 aromatic carbocycles. The van der Waals surface area contributed by atoms with Crippen LogP contribution in [0.25, 0.3) is 0 Å². The second kappa shape index (κ2) is 5.65. The predicted octanol–water partition coefficient (Wildman–Crippen LogP) is 3.28. The number of primary amides is 1. The van der Waals surface area contributed by atoms with Crippen molar-refractivity contribution in [1.82, 2.24) is 0 Å². The van der Waals surface area contributed by atoms with Crippen LogP contribution >= 0.6 is 0 Å². The Morgan fingerprint density at radius 2 is 1.90 bits per heavy atom. The topological polar surface area (TPSA) is 78.3 Å². The van der Waals surface area contributed by atoms with Gasteiger partial charge in [0.15, 0.2) is 5.75 Å². The fourth-order valence-corrected chi connectivity index (χ4v) is 1.84. The molecule has 0 bridgehead atoms. The number of anilines is 1. The van der Waals surface area contributed by atoms with E-state index in [0.717, 1.165) is 0 Å². The van der Waals surface area contributed by atoms with Gasteiger partial charge in [0, 0.05) is 5.56 Å². The van der Waals surface area contributed by atoms with Gasteiger partial charge >= 0.3 is 0 Å². The van der Waals surface area contributed by atoms with Gasteiger partial charge in [-0.1, -0.05) is 26.0 Å². The summed E-state index contributed by atoms with van der Waals surface area (Å²) in [5.41, 5.74) is 13.1. The molecule has 2 rings (SSSR count). The molecule has 0 unspecified atom stereocenters. The Morgan fingerprint density at radius 3 is 2.55 bits per heavy atom. The second-order valence-electron chi connectivity index (χ2n) is 4.95. The molecule has 0 fully saturated rings. The Hall–Kier alpha value is -2.49. The van der Waals surface area contributed by atoms with E-state index in [4.69, 9.17) is 16.2 Å². The van der Waals surface area contributed by atoms with Crippen LogP contribution in [0.1, 0.15) is 35.7 Å². The minimum absolute atomic E-state index is 0.370. The van der Waals surface area contributed by atoms with Gasteiger partial charge in [-0.3, -0.25) is 4.79 Å². The Balaban J connectivity index is 2.32. The van der Waals surface area contributed by atoms with Crippen molar-refractivity contribution >= 4 is 11.6 Å². The van der Waals surface area contributed by atoms with Crippen molar-refractivity contribution in [1.29, 1.82) is 0 Å². The number of carbonyl (C=O) groups excluding carboxylic acids is 1. The van der Waals surface area contributed by atoms with Crippen LogP contribution in [0.2, 0.25) is 0 Å². The first-order valence-corrected chi connectivity index (χ1v) is 6.44. The molecule has 4 heteroatoms. The Kier molecular flexibility index (Phi) is 3.94. The first-order chi connectivity index (χ1) is 9.47. The number of rotatable bonds is 4. The average Bonchev–Trinajstić information content (AvgIpc) is 2.41. The lowest BCUT2D eigenvalue weighted by atomic mass is 10.0. The van der Waals surface area contributed by atoms with Gasteiger partial charge in [0.05, 0.1) is 5.69 Å². The monoisotopic (exact) mass is 270 g/mol. The summed E-state index contributed by atoms with van der Waals surface area (Å²) in [6.07, 6.45) is 0. The highest BCUT2D eigenvalue weighted by molar-refractivity contribution is 5.93. The highest BCUT2D eigenvalue weighted by atomic mass is 16.5. The van der Waals surface area contributed by atoms with Gasteiger partial charge in [-0.25, -0.2) is 0 Å². The maximum atomic E-state index is 11.2. The summed E-state index contributed by atoms with van der Waals surface area (Å²) in [4.78, 5) is 11.2. The molecule has 0 aliphatic carbocycles. The smallest absolute Gasteiger partial charge is 0.248 e. The fraction of sp³-hybridized carbons (Fsp3) is 0.188. The molecule has 0 atom stereocenters. The molecule has 4 N–H and O–H groups in total. The van der Waals surface area contributed by atoms with E-state index in [0.29, 0.717) is 28.7 Å². The molecule has 0 spiro atoms. The first kappa shape index (κ1) is 13.9. The zero-order chi connectivity index (χ0) is 14.7. The number of ether oxygens (including phenoxy) is 1. The quantitative estimate of drug-likeness (QED) is 0.837. The van der Waals surface area contributed by atoms with Crippen molar-refractivity contribution in [2.75, 3.05) is 5.73 Å². The minimum atomic E-state index is -0.509. The van der Waals surface area contributed by atoms with Crippen LogP contribution in [-0.2, 0) is 0 Å². The fourth-order valence-electron chi connectivity index (χ4n) is 1.84. The molecule has 104 valence electrons. The molecule has 0 radical (unpaired) electrons. The molecule has 0 heterocycles. The van der Waals surface area contributed by atoms with Crippen LogP contribution in [0.4, 0.5) is 5.69 Å². The molecule has 4 nitrogen and oxygen atoms in total. The van der Waals surface area contributed by atoms with Gasteiger partial charge in [-0.05, 0) is 41.8 Å². The SMILES string of the molecule is CC(C)c1cccc(Oc2cc(C(N)=O)ccc2N)c1. The average molecular weight is 270 g/mol. The third-order valence-corrected chi connectivity index (χ3v) is 3.05. The largest absolute Gasteiger partial charge is 0.455 e.